The number of amides is 1. The maximum absolute atomic E-state index is 14.0. The van der Waals surface area contributed by atoms with E-state index < -0.39 is 16.4 Å². The summed E-state index contributed by atoms with van der Waals surface area (Å²) >= 11 is 0. The van der Waals surface area contributed by atoms with Crippen LogP contribution in [0, 0.1) is 15.9 Å². The number of nitro groups is 1. The van der Waals surface area contributed by atoms with Crippen LogP contribution in [0.2, 0.25) is 0 Å². The van der Waals surface area contributed by atoms with Crippen molar-refractivity contribution in [3.63, 3.8) is 0 Å². The minimum atomic E-state index is -0.837. The molecule has 0 aromatic heterocycles. The largest absolute Gasteiger partial charge is 0.358 e. The number of hydrogen-bond donors (Lipinski definition) is 1. The molecule has 20 heavy (non-hydrogen) atoms. The highest BCUT2D eigenvalue weighted by Gasteiger charge is 2.19. The zero-order valence-electron chi connectivity index (χ0n) is 11.6. The van der Waals surface area contributed by atoms with Crippen LogP contribution in [0.3, 0.4) is 0 Å². The Morgan fingerprint density at radius 2 is 2.20 bits per heavy atom. The molecule has 1 aromatic carbocycles. The molecule has 0 aliphatic carbocycles. The summed E-state index contributed by atoms with van der Waals surface area (Å²) in [5.41, 5.74) is -0.324. The number of carbonyl (C=O) groups is 1. The average Bonchev–Trinajstić information content (AvgIpc) is 2.40. The second-order valence-corrected chi connectivity index (χ2v) is 4.39. The summed E-state index contributed by atoms with van der Waals surface area (Å²) in [6.45, 7) is 2.84. The zero-order chi connectivity index (χ0) is 15.1. The Balaban J connectivity index is 2.90. The fourth-order valence-corrected chi connectivity index (χ4v) is 1.88. The zero-order valence-corrected chi connectivity index (χ0v) is 11.6. The number of rotatable bonds is 7. The first-order valence-electron chi connectivity index (χ1n) is 6.34. The Kier molecular flexibility index (Phi) is 6.05. The number of nitro benzene ring substituents is 1. The van der Waals surface area contributed by atoms with E-state index >= 15 is 0 Å². The molecule has 0 atom stereocenters. The van der Waals surface area contributed by atoms with E-state index in [1.807, 2.05) is 6.92 Å². The molecule has 0 aliphatic heterocycles. The van der Waals surface area contributed by atoms with Crippen molar-refractivity contribution in [1.82, 2.24) is 10.2 Å². The smallest absolute Gasteiger partial charge is 0.305 e. The van der Waals surface area contributed by atoms with Gasteiger partial charge < -0.3 is 5.32 Å². The average molecular weight is 283 g/mol. The van der Waals surface area contributed by atoms with Crippen molar-refractivity contribution >= 4 is 11.6 Å². The van der Waals surface area contributed by atoms with Gasteiger partial charge in [-0.15, -0.1) is 0 Å². The predicted molar refractivity (Wildman–Crippen MR) is 72.7 cm³/mol. The van der Waals surface area contributed by atoms with Crippen LogP contribution in [0.5, 0.6) is 0 Å². The molecule has 1 N–H and O–H groups in total. The number of hydrogen-bond acceptors (Lipinski definition) is 4. The number of benzene rings is 1. The summed E-state index contributed by atoms with van der Waals surface area (Å²) in [5, 5.41) is 13.2. The molecule has 110 valence electrons. The van der Waals surface area contributed by atoms with Gasteiger partial charge in [-0.1, -0.05) is 19.1 Å². The van der Waals surface area contributed by atoms with Gasteiger partial charge in [0, 0.05) is 25.2 Å². The van der Waals surface area contributed by atoms with Gasteiger partial charge in [0.05, 0.1) is 11.5 Å². The van der Waals surface area contributed by atoms with Crippen LogP contribution in [-0.2, 0) is 11.3 Å². The van der Waals surface area contributed by atoms with Crippen molar-refractivity contribution in [2.24, 2.45) is 0 Å². The van der Waals surface area contributed by atoms with Crippen LogP contribution in [0.15, 0.2) is 18.2 Å². The Bertz CT molecular complexity index is 494. The minimum Gasteiger partial charge on any atom is -0.358 e. The van der Waals surface area contributed by atoms with Crippen molar-refractivity contribution in [2.45, 2.75) is 19.9 Å². The van der Waals surface area contributed by atoms with Crippen molar-refractivity contribution in [2.75, 3.05) is 20.1 Å². The van der Waals surface area contributed by atoms with Gasteiger partial charge in [-0.25, -0.2) is 0 Å². The second-order valence-electron chi connectivity index (χ2n) is 4.39. The summed E-state index contributed by atoms with van der Waals surface area (Å²) in [6, 6.07) is 4.07. The summed E-state index contributed by atoms with van der Waals surface area (Å²) in [4.78, 5) is 23.1. The third-order valence-electron chi connectivity index (χ3n) is 2.83. The molecule has 0 saturated carbocycles. The number of nitrogens with zero attached hydrogens (tertiary/aromatic N) is 2. The number of likely N-dealkylation sites (N-methyl/N-ethyl adjacent to an activating group) is 1. The van der Waals surface area contributed by atoms with E-state index in [4.69, 9.17) is 0 Å². The first-order valence-corrected chi connectivity index (χ1v) is 6.34. The fourth-order valence-electron chi connectivity index (χ4n) is 1.88. The lowest BCUT2D eigenvalue weighted by Crippen LogP contribution is -2.35. The van der Waals surface area contributed by atoms with Gasteiger partial charge in [-0.2, -0.15) is 4.39 Å². The minimum absolute atomic E-state index is 0.131. The number of carbonyl (C=O) groups excluding carboxylic acids is 1. The standard InChI is InChI=1S/C13H18FN3O3/c1-3-7-16(9-12(18)15-2)8-10-5-4-6-11(13(10)14)17(19)20/h4-6H,3,7-9H2,1-2H3,(H,15,18). The SMILES string of the molecule is CCCN(CC(=O)NC)Cc1cccc([N+](=O)[O-])c1F. The lowest BCUT2D eigenvalue weighted by atomic mass is 10.1. The molecule has 0 aliphatic rings. The third-order valence-corrected chi connectivity index (χ3v) is 2.83. The quantitative estimate of drug-likeness (QED) is 0.610. The Morgan fingerprint density at radius 3 is 2.75 bits per heavy atom. The summed E-state index contributed by atoms with van der Waals surface area (Å²) in [7, 11) is 1.53. The predicted octanol–water partition coefficient (Wildman–Crippen LogP) is 1.69. The first kappa shape index (κ1) is 16.0. The molecule has 1 aromatic rings. The molecule has 0 bridgehead atoms. The van der Waals surface area contributed by atoms with E-state index in [1.165, 1.54) is 19.2 Å². The van der Waals surface area contributed by atoms with Crippen LogP contribution >= 0.6 is 0 Å². The molecule has 0 fully saturated rings. The summed E-state index contributed by atoms with van der Waals surface area (Å²) in [6.07, 6.45) is 0.799. The lowest BCUT2D eigenvalue weighted by Gasteiger charge is -2.20. The van der Waals surface area contributed by atoms with Gasteiger partial charge in [-0.05, 0) is 13.0 Å². The van der Waals surface area contributed by atoms with Crippen LogP contribution < -0.4 is 5.32 Å². The van der Waals surface area contributed by atoms with Crippen LogP contribution in [0.1, 0.15) is 18.9 Å². The number of halogens is 1. The molecule has 0 radical (unpaired) electrons. The van der Waals surface area contributed by atoms with Crippen molar-refractivity contribution in [1.29, 1.82) is 0 Å². The van der Waals surface area contributed by atoms with Crippen molar-refractivity contribution in [3.8, 4) is 0 Å². The van der Waals surface area contributed by atoms with Gasteiger partial charge in [0.2, 0.25) is 11.7 Å². The van der Waals surface area contributed by atoms with Crippen molar-refractivity contribution in [3.05, 3.63) is 39.7 Å². The van der Waals surface area contributed by atoms with Crippen molar-refractivity contribution < 1.29 is 14.1 Å². The third kappa shape index (κ3) is 4.27. The molecular weight excluding hydrogens is 265 g/mol. The highest BCUT2D eigenvalue weighted by molar-refractivity contribution is 5.77. The van der Waals surface area contributed by atoms with Gasteiger partial charge >= 0.3 is 5.69 Å². The first-order chi connectivity index (χ1) is 9.49. The highest BCUT2D eigenvalue weighted by atomic mass is 19.1. The van der Waals surface area contributed by atoms with E-state index in [2.05, 4.69) is 5.32 Å². The molecule has 0 saturated heterocycles. The maximum Gasteiger partial charge on any atom is 0.305 e. The summed E-state index contributed by atoms with van der Waals surface area (Å²) < 4.78 is 14.0. The maximum atomic E-state index is 14.0. The molecule has 0 spiro atoms. The molecule has 1 rings (SSSR count). The summed E-state index contributed by atoms with van der Waals surface area (Å²) in [5.74, 6) is -1.01. The normalized spacial score (nSPS) is 10.6. The fraction of sp³-hybridized carbons (Fsp3) is 0.462. The molecule has 6 nitrogen and oxygen atoms in total. The molecule has 0 heterocycles. The van der Waals surface area contributed by atoms with Gasteiger partial charge in [-0.3, -0.25) is 19.8 Å². The Labute approximate surface area is 116 Å². The molecular formula is C13H18FN3O3. The Morgan fingerprint density at radius 1 is 1.50 bits per heavy atom. The topological polar surface area (TPSA) is 75.5 Å². The molecule has 7 heteroatoms. The molecule has 0 unspecified atom stereocenters. The van der Waals surface area contributed by atoms with Crippen LogP contribution in [-0.4, -0.2) is 35.9 Å². The van der Waals surface area contributed by atoms with Crippen LogP contribution in [0.4, 0.5) is 10.1 Å². The van der Waals surface area contributed by atoms with E-state index in [1.54, 1.807) is 4.90 Å². The van der Waals surface area contributed by atoms with E-state index in [9.17, 15) is 19.3 Å². The van der Waals surface area contributed by atoms with Gasteiger partial charge in [0.1, 0.15) is 0 Å². The monoisotopic (exact) mass is 283 g/mol. The van der Waals surface area contributed by atoms with Crippen LogP contribution in [0.25, 0.3) is 0 Å². The lowest BCUT2D eigenvalue weighted by molar-refractivity contribution is -0.387. The van der Waals surface area contributed by atoms with Gasteiger partial charge in [0.25, 0.3) is 0 Å². The highest BCUT2D eigenvalue weighted by Crippen LogP contribution is 2.21. The van der Waals surface area contributed by atoms with E-state index in [-0.39, 0.29) is 24.6 Å². The molecule has 1 amide bonds. The Hall–Kier alpha value is -2.02. The second kappa shape index (κ2) is 7.54. The van der Waals surface area contributed by atoms with E-state index in [0.29, 0.717) is 6.54 Å². The number of nitrogens with one attached hydrogen (secondary N) is 1. The van der Waals surface area contributed by atoms with E-state index in [0.717, 1.165) is 12.5 Å². The van der Waals surface area contributed by atoms with Gasteiger partial charge in [0.15, 0.2) is 0 Å².